The highest BCUT2D eigenvalue weighted by Crippen LogP contribution is 2.02. The molecule has 0 unspecified atom stereocenters. The molecule has 4 heteroatoms. The Morgan fingerprint density at radius 1 is 1.50 bits per heavy atom. The molecular weight excluding hydrogens is 182 g/mol. The molecule has 0 N–H and O–H groups in total. The van der Waals surface area contributed by atoms with Gasteiger partial charge in [-0.25, -0.2) is 4.79 Å². The van der Waals surface area contributed by atoms with E-state index < -0.39 is 5.97 Å². The molecule has 0 atom stereocenters. The lowest BCUT2D eigenvalue weighted by molar-refractivity contribution is -0.870. The average Bonchev–Trinajstić information content (AvgIpc) is 2.53. The minimum Gasteiger partial charge on any atom is -0.457 e. The third-order valence-corrected chi connectivity index (χ3v) is 1.72. The monoisotopic (exact) mass is 198 g/mol. The number of carbonyl (C=O) groups is 1. The lowest BCUT2D eigenvalue weighted by Crippen LogP contribution is -2.37. The molecule has 0 fully saturated rings. The molecule has 1 heterocycles. The summed E-state index contributed by atoms with van der Waals surface area (Å²) in [4.78, 5) is 11.3. The fraction of sp³-hybridized carbons (Fsp3) is 0.500. The number of quaternary nitrogens is 1. The molecule has 78 valence electrons. The summed E-state index contributed by atoms with van der Waals surface area (Å²) >= 11 is 0. The Morgan fingerprint density at radius 3 is 2.71 bits per heavy atom. The summed E-state index contributed by atoms with van der Waals surface area (Å²) in [5.41, 5.74) is 0. The Labute approximate surface area is 83.7 Å². The topological polar surface area (TPSA) is 39.4 Å². The highest BCUT2D eigenvalue weighted by molar-refractivity contribution is 5.86. The first kappa shape index (κ1) is 10.8. The van der Waals surface area contributed by atoms with Crippen LogP contribution in [0.25, 0.3) is 0 Å². The fourth-order valence-electron chi connectivity index (χ4n) is 0.878. The maximum atomic E-state index is 11.3. The van der Waals surface area contributed by atoms with Crippen LogP contribution in [0.1, 0.15) is 10.6 Å². The van der Waals surface area contributed by atoms with Gasteiger partial charge in [0.2, 0.25) is 5.76 Å². The Hall–Kier alpha value is -1.29. The van der Waals surface area contributed by atoms with Crippen LogP contribution >= 0.6 is 0 Å². The SMILES string of the molecule is C[N+](C)(C)CCOC(=O)c1ccco1. The summed E-state index contributed by atoms with van der Waals surface area (Å²) in [5.74, 6) is -0.144. The van der Waals surface area contributed by atoms with Crippen molar-refractivity contribution in [2.75, 3.05) is 34.3 Å². The van der Waals surface area contributed by atoms with Crippen molar-refractivity contribution in [3.8, 4) is 0 Å². The van der Waals surface area contributed by atoms with E-state index in [1.807, 2.05) is 21.1 Å². The number of rotatable bonds is 4. The molecule has 0 aliphatic heterocycles. The number of nitrogens with zero attached hydrogens (tertiary/aromatic N) is 1. The first-order chi connectivity index (χ1) is 6.49. The van der Waals surface area contributed by atoms with E-state index in [9.17, 15) is 4.79 Å². The average molecular weight is 198 g/mol. The minimum absolute atomic E-state index is 0.256. The molecule has 0 amide bonds. The van der Waals surface area contributed by atoms with Crippen LogP contribution < -0.4 is 0 Å². The number of carbonyl (C=O) groups excluding carboxylic acids is 1. The molecule has 0 saturated carbocycles. The van der Waals surface area contributed by atoms with Crippen molar-refractivity contribution in [1.29, 1.82) is 0 Å². The second-order valence-electron chi connectivity index (χ2n) is 4.13. The zero-order valence-electron chi connectivity index (χ0n) is 8.82. The van der Waals surface area contributed by atoms with E-state index in [1.54, 1.807) is 12.1 Å². The Balaban J connectivity index is 2.30. The first-order valence-corrected chi connectivity index (χ1v) is 4.50. The van der Waals surface area contributed by atoms with Gasteiger partial charge in [-0.1, -0.05) is 0 Å². The molecule has 1 aromatic rings. The van der Waals surface area contributed by atoms with Crippen molar-refractivity contribution < 1.29 is 18.4 Å². The zero-order chi connectivity index (χ0) is 10.6. The standard InChI is InChI=1S/C10H16NO3/c1-11(2,3)6-8-14-10(12)9-5-4-7-13-9/h4-5,7H,6,8H2,1-3H3/q+1. The summed E-state index contributed by atoms with van der Waals surface area (Å²) in [6.07, 6.45) is 1.45. The fourth-order valence-corrected chi connectivity index (χ4v) is 0.878. The summed E-state index contributed by atoms with van der Waals surface area (Å²) < 4.78 is 10.7. The van der Waals surface area contributed by atoms with E-state index in [0.717, 1.165) is 11.0 Å². The van der Waals surface area contributed by atoms with Crippen molar-refractivity contribution in [1.82, 2.24) is 0 Å². The van der Waals surface area contributed by atoms with Crippen LogP contribution in [0.5, 0.6) is 0 Å². The van der Waals surface area contributed by atoms with Gasteiger partial charge in [-0.3, -0.25) is 0 Å². The quantitative estimate of drug-likeness (QED) is 0.538. The van der Waals surface area contributed by atoms with Gasteiger partial charge in [-0.15, -0.1) is 0 Å². The van der Waals surface area contributed by atoms with Gasteiger partial charge in [0.25, 0.3) is 0 Å². The number of likely N-dealkylation sites (N-methyl/N-ethyl adjacent to an activating group) is 1. The molecule has 4 nitrogen and oxygen atoms in total. The molecule has 0 bridgehead atoms. The lowest BCUT2D eigenvalue weighted by atomic mass is 10.4. The summed E-state index contributed by atoms with van der Waals surface area (Å²) in [5, 5.41) is 0. The molecule has 0 saturated heterocycles. The van der Waals surface area contributed by atoms with E-state index in [2.05, 4.69) is 0 Å². The molecule has 14 heavy (non-hydrogen) atoms. The van der Waals surface area contributed by atoms with Gasteiger partial charge in [-0.2, -0.15) is 0 Å². The van der Waals surface area contributed by atoms with Crippen LogP contribution in [0, 0.1) is 0 Å². The van der Waals surface area contributed by atoms with E-state index in [1.165, 1.54) is 6.26 Å². The van der Waals surface area contributed by atoms with Gasteiger partial charge in [0.15, 0.2) is 0 Å². The van der Waals surface area contributed by atoms with E-state index in [4.69, 9.17) is 9.15 Å². The Morgan fingerprint density at radius 2 is 2.21 bits per heavy atom. The summed E-state index contributed by atoms with van der Waals surface area (Å²) in [7, 11) is 6.13. The van der Waals surface area contributed by atoms with Gasteiger partial charge in [-0.05, 0) is 12.1 Å². The second kappa shape index (κ2) is 4.28. The smallest absolute Gasteiger partial charge is 0.374 e. The predicted molar refractivity (Wildman–Crippen MR) is 51.9 cm³/mol. The number of ether oxygens (including phenoxy) is 1. The number of furan rings is 1. The van der Waals surface area contributed by atoms with Crippen LogP contribution in [-0.4, -0.2) is 44.7 Å². The van der Waals surface area contributed by atoms with Gasteiger partial charge in [0.05, 0.1) is 27.4 Å². The van der Waals surface area contributed by atoms with Gasteiger partial charge >= 0.3 is 5.97 Å². The van der Waals surface area contributed by atoms with Crippen molar-refractivity contribution in [3.05, 3.63) is 24.2 Å². The predicted octanol–water partition coefficient (Wildman–Crippen LogP) is 1.14. The zero-order valence-corrected chi connectivity index (χ0v) is 8.82. The Kier molecular flexibility index (Phi) is 3.30. The molecule has 0 aliphatic carbocycles. The van der Waals surface area contributed by atoms with Gasteiger partial charge in [0.1, 0.15) is 13.2 Å². The lowest BCUT2D eigenvalue weighted by Gasteiger charge is -2.23. The minimum atomic E-state index is -0.400. The molecule has 0 aliphatic rings. The van der Waals surface area contributed by atoms with Gasteiger partial charge < -0.3 is 13.6 Å². The molecule has 0 radical (unpaired) electrons. The molecule has 1 aromatic heterocycles. The summed E-state index contributed by atoms with van der Waals surface area (Å²) in [6.45, 7) is 1.19. The number of esters is 1. The third kappa shape index (κ3) is 3.62. The summed E-state index contributed by atoms with van der Waals surface area (Å²) in [6, 6.07) is 3.25. The van der Waals surface area contributed by atoms with Crippen molar-refractivity contribution in [2.24, 2.45) is 0 Å². The maximum Gasteiger partial charge on any atom is 0.374 e. The molecule has 0 aromatic carbocycles. The van der Waals surface area contributed by atoms with Gasteiger partial charge in [0, 0.05) is 0 Å². The van der Waals surface area contributed by atoms with Crippen LogP contribution in [0.3, 0.4) is 0 Å². The second-order valence-corrected chi connectivity index (χ2v) is 4.13. The van der Waals surface area contributed by atoms with Crippen molar-refractivity contribution in [3.63, 3.8) is 0 Å². The third-order valence-electron chi connectivity index (χ3n) is 1.72. The highest BCUT2D eigenvalue weighted by Gasteiger charge is 2.12. The van der Waals surface area contributed by atoms with E-state index in [-0.39, 0.29) is 5.76 Å². The number of hydrogen-bond acceptors (Lipinski definition) is 3. The van der Waals surface area contributed by atoms with Crippen LogP contribution in [-0.2, 0) is 4.74 Å². The molecule has 0 spiro atoms. The first-order valence-electron chi connectivity index (χ1n) is 4.50. The van der Waals surface area contributed by atoms with Crippen molar-refractivity contribution in [2.45, 2.75) is 0 Å². The maximum absolute atomic E-state index is 11.3. The Bertz CT molecular complexity index is 285. The normalized spacial score (nSPS) is 11.4. The largest absolute Gasteiger partial charge is 0.457 e. The van der Waals surface area contributed by atoms with Crippen LogP contribution in [0.4, 0.5) is 0 Å². The van der Waals surface area contributed by atoms with E-state index in [0.29, 0.717) is 6.61 Å². The van der Waals surface area contributed by atoms with E-state index >= 15 is 0 Å². The van der Waals surface area contributed by atoms with Crippen LogP contribution in [0.15, 0.2) is 22.8 Å². The highest BCUT2D eigenvalue weighted by atomic mass is 16.5. The van der Waals surface area contributed by atoms with Crippen molar-refractivity contribution >= 4 is 5.97 Å². The molecule has 1 rings (SSSR count). The van der Waals surface area contributed by atoms with Crippen LogP contribution in [0.2, 0.25) is 0 Å². The number of hydrogen-bond donors (Lipinski definition) is 0. The molecular formula is C10H16NO3+.